The number of hydrogen-bond donors (Lipinski definition) is 1. The first kappa shape index (κ1) is 15.8. The van der Waals surface area contributed by atoms with Crippen molar-refractivity contribution in [2.75, 3.05) is 19.7 Å². The second kappa shape index (κ2) is 7.05. The smallest absolute Gasteiger partial charge is 0.0996 e. The Kier molecular flexibility index (Phi) is 4.65. The lowest BCUT2D eigenvalue weighted by Gasteiger charge is -2.44. The Balaban J connectivity index is 1.43. The highest BCUT2D eigenvalue weighted by atomic mass is 16.6. The third-order valence-electron chi connectivity index (χ3n) is 5.24. The fourth-order valence-corrected chi connectivity index (χ4v) is 3.90. The summed E-state index contributed by atoms with van der Waals surface area (Å²) in [6.45, 7) is 4.36. The lowest BCUT2D eigenvalue weighted by atomic mass is 9.85. The van der Waals surface area contributed by atoms with E-state index in [1.54, 1.807) is 0 Å². The van der Waals surface area contributed by atoms with E-state index in [1.165, 1.54) is 5.56 Å². The van der Waals surface area contributed by atoms with Crippen LogP contribution in [0.4, 0.5) is 0 Å². The lowest BCUT2D eigenvalue weighted by Crippen LogP contribution is -2.56. The maximum absolute atomic E-state index is 6.36. The summed E-state index contributed by atoms with van der Waals surface area (Å²) in [7, 11) is 0. The van der Waals surface area contributed by atoms with Crippen molar-refractivity contribution in [3.05, 3.63) is 53.9 Å². The largest absolute Gasteiger partial charge is 0.372 e. The molecule has 0 amide bonds. The van der Waals surface area contributed by atoms with E-state index >= 15 is 0 Å². The lowest BCUT2D eigenvalue weighted by molar-refractivity contribution is -0.159. The highest BCUT2D eigenvalue weighted by molar-refractivity contribution is 5.13. The topological polar surface area (TPSA) is 50.4 Å². The molecule has 2 atom stereocenters. The summed E-state index contributed by atoms with van der Waals surface area (Å²) < 4.78 is 12.6. The van der Waals surface area contributed by atoms with Gasteiger partial charge < -0.3 is 9.47 Å². The number of hydrogen-bond acceptors (Lipinski definition) is 4. The molecule has 5 heteroatoms. The van der Waals surface area contributed by atoms with Gasteiger partial charge in [0.25, 0.3) is 0 Å². The summed E-state index contributed by atoms with van der Waals surface area (Å²) in [5, 5.41) is 7.10. The summed E-state index contributed by atoms with van der Waals surface area (Å²) in [5.41, 5.74) is 2.29. The Hall–Kier alpha value is -1.69. The fraction of sp³-hybridized carbons (Fsp3) is 0.526. The molecule has 2 aliphatic rings. The molecule has 0 aliphatic carbocycles. The first-order valence-corrected chi connectivity index (χ1v) is 8.84. The summed E-state index contributed by atoms with van der Waals surface area (Å²) in [5.74, 6) is 0. The molecule has 0 unspecified atom stereocenters. The predicted molar refractivity (Wildman–Crippen MR) is 91.4 cm³/mol. The van der Waals surface area contributed by atoms with Gasteiger partial charge in [-0.25, -0.2) is 0 Å². The van der Waals surface area contributed by atoms with Crippen LogP contribution in [-0.2, 0) is 22.6 Å². The summed E-state index contributed by atoms with van der Waals surface area (Å²) >= 11 is 0. The number of rotatable bonds is 5. The average Bonchev–Trinajstić information content (AvgIpc) is 3.29. The van der Waals surface area contributed by atoms with Crippen molar-refractivity contribution in [1.29, 1.82) is 0 Å². The molecule has 2 saturated heterocycles. The molecule has 4 rings (SSSR count). The van der Waals surface area contributed by atoms with Gasteiger partial charge in [-0.1, -0.05) is 30.3 Å². The molecule has 1 aromatic carbocycles. The van der Waals surface area contributed by atoms with Gasteiger partial charge in [-0.05, 0) is 30.9 Å². The average molecular weight is 327 g/mol. The van der Waals surface area contributed by atoms with Gasteiger partial charge in [-0.2, -0.15) is 5.10 Å². The Labute approximate surface area is 143 Å². The standard InChI is InChI=1S/C19H25N3O2/c1-2-5-16(6-3-1)15-23-18-14-22(13-17-7-10-20-21-17)11-9-19(18)8-4-12-24-19/h1-3,5-7,10,18H,4,8-9,11-15H2,(H,20,21)/t18-,19-/m0/s1. The van der Waals surface area contributed by atoms with Gasteiger partial charge in [0, 0.05) is 38.1 Å². The first-order valence-electron chi connectivity index (χ1n) is 8.84. The zero-order chi connectivity index (χ0) is 16.2. The highest BCUT2D eigenvalue weighted by Crippen LogP contribution is 2.38. The minimum absolute atomic E-state index is 0.0841. The zero-order valence-electron chi connectivity index (χ0n) is 14.0. The van der Waals surface area contributed by atoms with Crippen LogP contribution in [0.15, 0.2) is 42.6 Å². The number of H-pyrrole nitrogens is 1. The van der Waals surface area contributed by atoms with Gasteiger partial charge in [-0.3, -0.25) is 10.00 Å². The second-order valence-electron chi connectivity index (χ2n) is 6.87. The van der Waals surface area contributed by atoms with E-state index in [2.05, 4.69) is 39.4 Å². The maximum atomic E-state index is 6.36. The van der Waals surface area contributed by atoms with Crippen LogP contribution < -0.4 is 0 Å². The van der Waals surface area contributed by atoms with E-state index in [9.17, 15) is 0 Å². The number of likely N-dealkylation sites (tertiary alicyclic amines) is 1. The molecule has 2 aromatic rings. The molecule has 1 spiro atoms. The zero-order valence-corrected chi connectivity index (χ0v) is 14.0. The summed E-state index contributed by atoms with van der Waals surface area (Å²) in [6, 6.07) is 12.4. The van der Waals surface area contributed by atoms with E-state index in [4.69, 9.17) is 9.47 Å². The van der Waals surface area contributed by atoms with Crippen LogP contribution in [0.25, 0.3) is 0 Å². The second-order valence-corrected chi connectivity index (χ2v) is 6.87. The third-order valence-corrected chi connectivity index (χ3v) is 5.24. The van der Waals surface area contributed by atoms with E-state index in [0.29, 0.717) is 6.61 Å². The number of nitrogens with zero attached hydrogens (tertiary/aromatic N) is 2. The molecule has 1 aromatic heterocycles. The van der Waals surface area contributed by atoms with Gasteiger partial charge in [-0.15, -0.1) is 0 Å². The van der Waals surface area contributed by atoms with Crippen LogP contribution in [0, 0.1) is 0 Å². The van der Waals surface area contributed by atoms with Crippen molar-refractivity contribution in [3.8, 4) is 0 Å². The number of aromatic amines is 1. The van der Waals surface area contributed by atoms with Gasteiger partial charge in [0.2, 0.25) is 0 Å². The van der Waals surface area contributed by atoms with Crippen molar-refractivity contribution in [2.24, 2.45) is 0 Å². The van der Waals surface area contributed by atoms with E-state index in [0.717, 1.165) is 51.2 Å². The molecule has 0 radical (unpaired) electrons. The van der Waals surface area contributed by atoms with Gasteiger partial charge in [0.05, 0.1) is 18.3 Å². The quantitative estimate of drug-likeness (QED) is 0.917. The van der Waals surface area contributed by atoms with Crippen LogP contribution in [0.5, 0.6) is 0 Å². The van der Waals surface area contributed by atoms with Gasteiger partial charge in [0.1, 0.15) is 0 Å². The van der Waals surface area contributed by atoms with Crippen molar-refractivity contribution < 1.29 is 9.47 Å². The maximum Gasteiger partial charge on any atom is 0.0996 e. The molecular formula is C19H25N3O2. The minimum atomic E-state index is -0.0841. The molecule has 1 N–H and O–H groups in total. The number of benzene rings is 1. The first-order chi connectivity index (χ1) is 11.8. The Morgan fingerprint density at radius 2 is 2.17 bits per heavy atom. The Morgan fingerprint density at radius 3 is 2.92 bits per heavy atom. The molecule has 2 aliphatic heterocycles. The minimum Gasteiger partial charge on any atom is -0.372 e. The van der Waals surface area contributed by atoms with E-state index in [1.807, 2.05) is 18.3 Å². The van der Waals surface area contributed by atoms with Crippen molar-refractivity contribution >= 4 is 0 Å². The van der Waals surface area contributed by atoms with Crippen molar-refractivity contribution in [2.45, 2.75) is 44.1 Å². The molecule has 128 valence electrons. The number of piperidine rings is 1. The number of ether oxygens (including phenoxy) is 2. The molecule has 0 saturated carbocycles. The van der Waals surface area contributed by atoms with E-state index < -0.39 is 0 Å². The molecule has 3 heterocycles. The fourth-order valence-electron chi connectivity index (χ4n) is 3.90. The SMILES string of the molecule is c1ccc(CO[C@H]2CN(Cc3ccn[nH]3)CC[C@@]23CCCO3)cc1. The van der Waals surface area contributed by atoms with Crippen LogP contribution in [0.1, 0.15) is 30.5 Å². The van der Waals surface area contributed by atoms with Crippen LogP contribution in [0.3, 0.4) is 0 Å². The predicted octanol–water partition coefficient (Wildman–Crippen LogP) is 2.75. The van der Waals surface area contributed by atoms with Crippen LogP contribution in [0.2, 0.25) is 0 Å². The van der Waals surface area contributed by atoms with Crippen LogP contribution in [-0.4, -0.2) is 46.5 Å². The third kappa shape index (κ3) is 3.38. The van der Waals surface area contributed by atoms with E-state index in [-0.39, 0.29) is 11.7 Å². The number of aromatic nitrogens is 2. The highest BCUT2D eigenvalue weighted by Gasteiger charge is 2.47. The molecular weight excluding hydrogens is 302 g/mol. The van der Waals surface area contributed by atoms with Gasteiger partial charge in [0.15, 0.2) is 0 Å². The van der Waals surface area contributed by atoms with Gasteiger partial charge >= 0.3 is 0 Å². The molecule has 2 fully saturated rings. The van der Waals surface area contributed by atoms with Crippen molar-refractivity contribution in [1.82, 2.24) is 15.1 Å². The summed E-state index contributed by atoms with van der Waals surface area (Å²) in [6.07, 6.45) is 5.23. The van der Waals surface area contributed by atoms with Crippen molar-refractivity contribution in [3.63, 3.8) is 0 Å². The van der Waals surface area contributed by atoms with Crippen LogP contribution >= 0.6 is 0 Å². The Bertz CT molecular complexity index is 623. The summed E-state index contributed by atoms with van der Waals surface area (Å²) in [4.78, 5) is 2.44. The molecule has 5 nitrogen and oxygen atoms in total. The molecule has 0 bridgehead atoms. The number of nitrogens with one attached hydrogen (secondary N) is 1. The molecule has 24 heavy (non-hydrogen) atoms. The normalized spacial score (nSPS) is 27.8. The monoisotopic (exact) mass is 327 g/mol. The Morgan fingerprint density at radius 1 is 1.25 bits per heavy atom.